The molecule has 0 N–H and O–H groups in total. The second-order valence-corrected chi connectivity index (χ2v) is 7.65. The summed E-state index contributed by atoms with van der Waals surface area (Å²) in [6.07, 6.45) is 1.00. The molecule has 27 heavy (non-hydrogen) atoms. The number of piperazine rings is 1. The molecule has 5 heteroatoms. The number of hydrogen-bond donors (Lipinski definition) is 0. The number of benzene rings is 2. The average molecular weight is 364 g/mol. The van der Waals surface area contributed by atoms with Gasteiger partial charge in [-0.05, 0) is 35.6 Å². The lowest BCUT2D eigenvalue weighted by Gasteiger charge is -2.35. The van der Waals surface area contributed by atoms with E-state index in [0.717, 1.165) is 50.6 Å². The van der Waals surface area contributed by atoms with Crippen LogP contribution in [0.5, 0.6) is 11.5 Å². The van der Waals surface area contributed by atoms with E-state index in [1.54, 1.807) is 0 Å². The van der Waals surface area contributed by atoms with Gasteiger partial charge in [-0.1, -0.05) is 36.4 Å². The van der Waals surface area contributed by atoms with E-state index in [1.807, 2.05) is 12.1 Å². The molecule has 2 unspecified atom stereocenters. The zero-order valence-corrected chi connectivity index (χ0v) is 15.3. The largest absolute Gasteiger partial charge is 0.454 e. The van der Waals surface area contributed by atoms with E-state index in [1.165, 1.54) is 11.1 Å². The summed E-state index contributed by atoms with van der Waals surface area (Å²) in [5.74, 6) is 2.61. The number of hydrogen-bond acceptors (Lipinski definition) is 4. The zero-order chi connectivity index (χ0) is 18.2. The Kier molecular flexibility index (Phi) is 4.24. The van der Waals surface area contributed by atoms with Crippen molar-refractivity contribution in [1.29, 1.82) is 0 Å². The first-order chi connectivity index (χ1) is 13.3. The zero-order valence-electron chi connectivity index (χ0n) is 15.3. The summed E-state index contributed by atoms with van der Waals surface area (Å²) in [4.78, 5) is 17.3. The quantitative estimate of drug-likeness (QED) is 0.837. The summed E-state index contributed by atoms with van der Waals surface area (Å²) in [5.41, 5.74) is 2.53. The van der Waals surface area contributed by atoms with Crippen molar-refractivity contribution in [2.24, 2.45) is 5.92 Å². The van der Waals surface area contributed by atoms with E-state index >= 15 is 0 Å². The third-order valence-electron chi connectivity index (χ3n) is 5.86. The maximum atomic E-state index is 12.8. The molecule has 1 saturated carbocycles. The lowest BCUT2D eigenvalue weighted by molar-refractivity contribution is -0.134. The molecule has 2 aliphatic heterocycles. The fourth-order valence-electron chi connectivity index (χ4n) is 4.19. The molecule has 0 bridgehead atoms. The number of carbonyl (C=O) groups is 1. The van der Waals surface area contributed by atoms with Crippen molar-refractivity contribution in [2.45, 2.75) is 18.9 Å². The minimum Gasteiger partial charge on any atom is -0.454 e. The maximum absolute atomic E-state index is 12.8. The molecule has 2 aromatic rings. The minimum absolute atomic E-state index is 0.188. The fraction of sp³-hybridized carbons (Fsp3) is 0.409. The number of ether oxygens (including phenoxy) is 2. The van der Waals surface area contributed by atoms with Gasteiger partial charge in [-0.2, -0.15) is 0 Å². The van der Waals surface area contributed by atoms with Gasteiger partial charge < -0.3 is 14.4 Å². The highest BCUT2D eigenvalue weighted by molar-refractivity contribution is 5.83. The van der Waals surface area contributed by atoms with Gasteiger partial charge in [0.25, 0.3) is 0 Å². The van der Waals surface area contributed by atoms with Gasteiger partial charge in [0.05, 0.1) is 0 Å². The van der Waals surface area contributed by atoms with Crippen LogP contribution in [0.4, 0.5) is 0 Å². The molecule has 1 amide bonds. The minimum atomic E-state index is 0.188. The third-order valence-corrected chi connectivity index (χ3v) is 5.86. The number of carbonyl (C=O) groups excluding carboxylic acids is 1. The number of nitrogens with zero attached hydrogens (tertiary/aromatic N) is 2. The van der Waals surface area contributed by atoms with Gasteiger partial charge in [0.1, 0.15) is 0 Å². The van der Waals surface area contributed by atoms with Crippen LogP contribution in [-0.2, 0) is 11.3 Å². The summed E-state index contributed by atoms with van der Waals surface area (Å²) < 4.78 is 10.8. The predicted molar refractivity (Wildman–Crippen MR) is 102 cm³/mol. The van der Waals surface area contributed by atoms with Crippen LogP contribution >= 0.6 is 0 Å². The van der Waals surface area contributed by atoms with E-state index < -0.39 is 0 Å². The molecule has 0 radical (unpaired) electrons. The molecule has 2 heterocycles. The third kappa shape index (κ3) is 3.39. The lowest BCUT2D eigenvalue weighted by Crippen LogP contribution is -2.48. The van der Waals surface area contributed by atoms with Crippen LogP contribution < -0.4 is 9.47 Å². The van der Waals surface area contributed by atoms with Crippen LogP contribution in [0.15, 0.2) is 48.5 Å². The van der Waals surface area contributed by atoms with Gasteiger partial charge in [-0.3, -0.25) is 9.69 Å². The molecule has 2 atom stereocenters. The second-order valence-electron chi connectivity index (χ2n) is 7.65. The van der Waals surface area contributed by atoms with E-state index in [-0.39, 0.29) is 5.92 Å². The maximum Gasteiger partial charge on any atom is 0.231 e. The molecule has 0 spiro atoms. The smallest absolute Gasteiger partial charge is 0.231 e. The van der Waals surface area contributed by atoms with Crippen LogP contribution in [0.2, 0.25) is 0 Å². The molecule has 140 valence electrons. The number of fused-ring (bicyclic) bond motifs is 1. The molecule has 3 aliphatic rings. The van der Waals surface area contributed by atoms with Crippen molar-refractivity contribution in [1.82, 2.24) is 9.80 Å². The van der Waals surface area contributed by atoms with Crippen LogP contribution in [0.25, 0.3) is 0 Å². The molecule has 5 nitrogen and oxygen atoms in total. The summed E-state index contributed by atoms with van der Waals surface area (Å²) in [6.45, 7) is 4.67. The average Bonchev–Trinajstić information content (AvgIpc) is 3.38. The molecule has 2 fully saturated rings. The monoisotopic (exact) mass is 364 g/mol. The Balaban J connectivity index is 1.14. The summed E-state index contributed by atoms with van der Waals surface area (Å²) in [5, 5.41) is 0. The van der Waals surface area contributed by atoms with Crippen LogP contribution in [0.1, 0.15) is 23.5 Å². The van der Waals surface area contributed by atoms with Crippen molar-refractivity contribution in [3.05, 3.63) is 59.7 Å². The Bertz CT molecular complexity index is 831. The van der Waals surface area contributed by atoms with Gasteiger partial charge in [0.2, 0.25) is 12.7 Å². The van der Waals surface area contributed by atoms with Crippen LogP contribution in [0.3, 0.4) is 0 Å². The normalized spacial score (nSPS) is 24.1. The number of amides is 1. The first-order valence-corrected chi connectivity index (χ1v) is 9.72. The Morgan fingerprint density at radius 2 is 1.74 bits per heavy atom. The van der Waals surface area contributed by atoms with Crippen molar-refractivity contribution in [3.8, 4) is 11.5 Å². The van der Waals surface area contributed by atoms with Crippen molar-refractivity contribution in [2.75, 3.05) is 33.0 Å². The molecule has 2 aromatic carbocycles. The number of rotatable bonds is 4. The predicted octanol–water partition coefficient (Wildman–Crippen LogP) is 2.86. The molecule has 5 rings (SSSR count). The van der Waals surface area contributed by atoms with Gasteiger partial charge in [0.15, 0.2) is 11.5 Å². The second kappa shape index (κ2) is 6.89. The van der Waals surface area contributed by atoms with E-state index in [0.29, 0.717) is 18.6 Å². The lowest BCUT2D eigenvalue weighted by atomic mass is 10.1. The van der Waals surface area contributed by atoms with Gasteiger partial charge in [-0.15, -0.1) is 0 Å². The fourth-order valence-corrected chi connectivity index (χ4v) is 4.19. The van der Waals surface area contributed by atoms with Gasteiger partial charge in [-0.25, -0.2) is 0 Å². The highest BCUT2D eigenvalue weighted by Gasteiger charge is 2.45. The molecular weight excluding hydrogens is 340 g/mol. The van der Waals surface area contributed by atoms with Crippen molar-refractivity contribution >= 4 is 5.91 Å². The van der Waals surface area contributed by atoms with E-state index in [4.69, 9.17) is 9.47 Å². The molecule has 0 aromatic heterocycles. The molecular formula is C22H24N2O3. The van der Waals surface area contributed by atoms with Crippen molar-refractivity contribution < 1.29 is 14.3 Å². The van der Waals surface area contributed by atoms with Crippen LogP contribution in [-0.4, -0.2) is 48.7 Å². The van der Waals surface area contributed by atoms with E-state index in [2.05, 4.69) is 46.2 Å². The SMILES string of the molecule is O=C(C1CC1c1ccccc1)N1CCN(Cc2ccc3c(c2)OCO3)CC1. The summed E-state index contributed by atoms with van der Waals surface area (Å²) >= 11 is 0. The van der Waals surface area contributed by atoms with E-state index in [9.17, 15) is 4.79 Å². The Labute approximate surface area is 159 Å². The molecule has 1 saturated heterocycles. The van der Waals surface area contributed by atoms with Crippen molar-refractivity contribution in [3.63, 3.8) is 0 Å². The highest BCUT2D eigenvalue weighted by Crippen LogP contribution is 2.48. The summed E-state index contributed by atoms with van der Waals surface area (Å²) in [6, 6.07) is 16.6. The Hall–Kier alpha value is -2.53. The standard InChI is InChI=1S/C22H24N2O3/c25-22(19-13-18(19)17-4-2-1-3-5-17)24-10-8-23(9-11-24)14-16-6-7-20-21(12-16)27-15-26-20/h1-7,12,18-19H,8-11,13-15H2. The Morgan fingerprint density at radius 3 is 2.56 bits per heavy atom. The van der Waals surface area contributed by atoms with Gasteiger partial charge in [0, 0.05) is 38.6 Å². The van der Waals surface area contributed by atoms with Gasteiger partial charge >= 0.3 is 0 Å². The highest BCUT2D eigenvalue weighted by atomic mass is 16.7. The topological polar surface area (TPSA) is 42.0 Å². The summed E-state index contributed by atoms with van der Waals surface area (Å²) in [7, 11) is 0. The first kappa shape index (κ1) is 16.6. The molecule has 1 aliphatic carbocycles. The van der Waals surface area contributed by atoms with Crippen LogP contribution in [0, 0.1) is 5.92 Å². The Morgan fingerprint density at radius 1 is 0.963 bits per heavy atom. The first-order valence-electron chi connectivity index (χ1n) is 9.72.